The van der Waals surface area contributed by atoms with E-state index < -0.39 is 15.9 Å². The molecule has 116 valence electrons. The summed E-state index contributed by atoms with van der Waals surface area (Å²) in [4.78, 5) is 23.2. The van der Waals surface area contributed by atoms with Crippen LogP contribution in [0.25, 0.3) is 0 Å². The number of amides is 2. The molecule has 8 heteroatoms. The van der Waals surface area contributed by atoms with Crippen LogP contribution in [0.15, 0.2) is 24.3 Å². The van der Waals surface area contributed by atoms with Crippen LogP contribution in [-0.4, -0.2) is 39.6 Å². The number of rotatable bonds is 7. The molecule has 2 amide bonds. The highest BCUT2D eigenvalue weighted by Gasteiger charge is 2.09. The average molecular weight is 313 g/mol. The standard InChI is InChI=1S/C13H19N3O4S/c1-3-7-14-12(17)9-15-13(18)10-5-4-6-11(8-10)16-21(2,19)20/h4-6,8,16H,3,7,9H2,1-2H3,(H,14,17)(H,15,18). The summed E-state index contributed by atoms with van der Waals surface area (Å²) in [6, 6.07) is 6.03. The fraction of sp³-hybridized carbons (Fsp3) is 0.385. The number of hydrogen-bond donors (Lipinski definition) is 3. The molecule has 1 aromatic rings. The maximum Gasteiger partial charge on any atom is 0.251 e. The largest absolute Gasteiger partial charge is 0.355 e. The Balaban J connectivity index is 2.62. The minimum absolute atomic E-state index is 0.122. The molecule has 0 unspecified atom stereocenters. The lowest BCUT2D eigenvalue weighted by Gasteiger charge is -2.08. The van der Waals surface area contributed by atoms with Crippen LogP contribution in [0.1, 0.15) is 23.7 Å². The number of benzene rings is 1. The topological polar surface area (TPSA) is 104 Å². The minimum atomic E-state index is -3.40. The molecule has 0 bridgehead atoms. The van der Waals surface area contributed by atoms with Crippen LogP contribution in [-0.2, 0) is 14.8 Å². The van der Waals surface area contributed by atoms with Crippen LogP contribution in [0.4, 0.5) is 5.69 Å². The highest BCUT2D eigenvalue weighted by atomic mass is 32.2. The predicted octanol–water partition coefficient (Wildman–Crippen LogP) is 0.314. The van der Waals surface area contributed by atoms with E-state index in [1.54, 1.807) is 6.07 Å². The lowest BCUT2D eigenvalue weighted by molar-refractivity contribution is -0.120. The van der Waals surface area contributed by atoms with Crippen LogP contribution in [0, 0.1) is 0 Å². The second-order valence-electron chi connectivity index (χ2n) is 4.49. The van der Waals surface area contributed by atoms with Gasteiger partial charge in [0.25, 0.3) is 5.91 Å². The van der Waals surface area contributed by atoms with E-state index in [1.807, 2.05) is 6.92 Å². The maximum atomic E-state index is 11.9. The average Bonchev–Trinajstić information content (AvgIpc) is 2.40. The molecule has 0 spiro atoms. The number of carbonyl (C=O) groups is 2. The molecule has 0 saturated carbocycles. The summed E-state index contributed by atoms with van der Waals surface area (Å²) in [5.74, 6) is -0.714. The van der Waals surface area contributed by atoms with Crippen molar-refractivity contribution in [2.75, 3.05) is 24.1 Å². The van der Waals surface area contributed by atoms with Crippen LogP contribution in [0.3, 0.4) is 0 Å². The molecule has 0 aliphatic carbocycles. The van der Waals surface area contributed by atoms with Crippen molar-refractivity contribution >= 4 is 27.5 Å². The summed E-state index contributed by atoms with van der Waals surface area (Å²) >= 11 is 0. The first-order valence-electron chi connectivity index (χ1n) is 6.44. The van der Waals surface area contributed by atoms with Gasteiger partial charge in [0.2, 0.25) is 15.9 Å². The molecule has 0 aromatic heterocycles. The first kappa shape index (κ1) is 17.0. The molecule has 1 aromatic carbocycles. The fourth-order valence-electron chi connectivity index (χ4n) is 1.53. The van der Waals surface area contributed by atoms with Crippen molar-refractivity contribution < 1.29 is 18.0 Å². The van der Waals surface area contributed by atoms with E-state index in [2.05, 4.69) is 15.4 Å². The van der Waals surface area contributed by atoms with Crippen molar-refractivity contribution in [1.82, 2.24) is 10.6 Å². The van der Waals surface area contributed by atoms with Crippen LogP contribution < -0.4 is 15.4 Å². The highest BCUT2D eigenvalue weighted by Crippen LogP contribution is 2.11. The minimum Gasteiger partial charge on any atom is -0.355 e. The quantitative estimate of drug-likeness (QED) is 0.674. The zero-order chi connectivity index (χ0) is 15.9. The van der Waals surface area contributed by atoms with Gasteiger partial charge in [-0.3, -0.25) is 14.3 Å². The molecule has 21 heavy (non-hydrogen) atoms. The number of carbonyl (C=O) groups excluding carboxylic acids is 2. The lowest BCUT2D eigenvalue weighted by atomic mass is 10.2. The Kier molecular flexibility index (Phi) is 6.16. The van der Waals surface area contributed by atoms with Crippen molar-refractivity contribution in [3.63, 3.8) is 0 Å². The van der Waals surface area contributed by atoms with Crippen LogP contribution in [0.2, 0.25) is 0 Å². The van der Waals surface area contributed by atoms with Crippen LogP contribution in [0.5, 0.6) is 0 Å². The fourth-order valence-corrected chi connectivity index (χ4v) is 2.08. The van der Waals surface area contributed by atoms with E-state index in [9.17, 15) is 18.0 Å². The van der Waals surface area contributed by atoms with Gasteiger partial charge < -0.3 is 10.6 Å². The van der Waals surface area contributed by atoms with Crippen molar-refractivity contribution in [2.24, 2.45) is 0 Å². The number of nitrogens with one attached hydrogen (secondary N) is 3. The van der Waals surface area contributed by atoms with E-state index >= 15 is 0 Å². The van der Waals surface area contributed by atoms with Gasteiger partial charge in [-0.15, -0.1) is 0 Å². The Hall–Kier alpha value is -2.09. The maximum absolute atomic E-state index is 11.9. The lowest BCUT2D eigenvalue weighted by Crippen LogP contribution is -2.37. The third-order valence-corrected chi connectivity index (χ3v) is 3.02. The second kappa shape index (κ2) is 7.63. The summed E-state index contributed by atoms with van der Waals surface area (Å²) in [6.07, 6.45) is 1.84. The molecule has 7 nitrogen and oxygen atoms in total. The summed E-state index contributed by atoms with van der Waals surface area (Å²) < 4.78 is 24.5. The van der Waals surface area contributed by atoms with E-state index in [0.29, 0.717) is 12.2 Å². The molecular weight excluding hydrogens is 294 g/mol. The molecule has 0 saturated heterocycles. The Morgan fingerprint density at radius 1 is 1.19 bits per heavy atom. The zero-order valence-electron chi connectivity index (χ0n) is 12.0. The van der Waals surface area contributed by atoms with E-state index in [0.717, 1.165) is 12.7 Å². The smallest absolute Gasteiger partial charge is 0.251 e. The van der Waals surface area contributed by atoms with Crippen LogP contribution >= 0.6 is 0 Å². The SMILES string of the molecule is CCCNC(=O)CNC(=O)c1cccc(NS(C)(=O)=O)c1. The normalized spacial score (nSPS) is 10.8. The zero-order valence-corrected chi connectivity index (χ0v) is 12.8. The van der Waals surface area contributed by atoms with Gasteiger partial charge in [0.15, 0.2) is 0 Å². The van der Waals surface area contributed by atoms with Gasteiger partial charge in [0.05, 0.1) is 12.8 Å². The van der Waals surface area contributed by atoms with Crippen molar-refractivity contribution in [3.8, 4) is 0 Å². The highest BCUT2D eigenvalue weighted by molar-refractivity contribution is 7.92. The molecule has 0 fully saturated rings. The number of hydrogen-bond acceptors (Lipinski definition) is 4. The summed E-state index contributed by atoms with van der Waals surface area (Å²) in [7, 11) is -3.40. The van der Waals surface area contributed by atoms with Gasteiger partial charge >= 0.3 is 0 Å². The second-order valence-corrected chi connectivity index (χ2v) is 6.24. The molecule has 0 aliphatic heterocycles. The van der Waals surface area contributed by atoms with Gasteiger partial charge in [-0.2, -0.15) is 0 Å². The molecule has 0 atom stereocenters. The number of anilines is 1. The Labute approximate surface area is 124 Å². The third kappa shape index (κ3) is 6.75. The molecule has 0 heterocycles. The summed E-state index contributed by atoms with van der Waals surface area (Å²) in [6.45, 7) is 2.37. The first-order valence-corrected chi connectivity index (χ1v) is 8.33. The molecular formula is C13H19N3O4S. The Bertz CT molecular complexity index is 614. The van der Waals surface area contributed by atoms with E-state index in [4.69, 9.17) is 0 Å². The monoisotopic (exact) mass is 313 g/mol. The predicted molar refractivity (Wildman–Crippen MR) is 80.5 cm³/mol. The van der Waals surface area contributed by atoms with Crippen molar-refractivity contribution in [2.45, 2.75) is 13.3 Å². The third-order valence-electron chi connectivity index (χ3n) is 2.41. The Morgan fingerprint density at radius 3 is 2.52 bits per heavy atom. The van der Waals surface area contributed by atoms with E-state index in [-0.39, 0.29) is 18.0 Å². The van der Waals surface area contributed by atoms with Gasteiger partial charge in [-0.25, -0.2) is 8.42 Å². The summed E-state index contributed by atoms with van der Waals surface area (Å²) in [5.41, 5.74) is 0.563. The van der Waals surface area contributed by atoms with Crippen molar-refractivity contribution in [1.29, 1.82) is 0 Å². The van der Waals surface area contributed by atoms with Gasteiger partial charge in [-0.1, -0.05) is 13.0 Å². The summed E-state index contributed by atoms with van der Waals surface area (Å²) in [5, 5.41) is 5.11. The number of sulfonamides is 1. The van der Waals surface area contributed by atoms with Gasteiger partial charge in [-0.05, 0) is 24.6 Å². The first-order chi connectivity index (χ1) is 9.81. The molecule has 0 radical (unpaired) electrons. The Morgan fingerprint density at radius 2 is 1.90 bits per heavy atom. The van der Waals surface area contributed by atoms with E-state index in [1.165, 1.54) is 18.2 Å². The van der Waals surface area contributed by atoms with Gasteiger partial charge in [0.1, 0.15) is 0 Å². The molecule has 3 N–H and O–H groups in total. The molecule has 0 aliphatic rings. The van der Waals surface area contributed by atoms with Crippen molar-refractivity contribution in [3.05, 3.63) is 29.8 Å². The van der Waals surface area contributed by atoms with Gasteiger partial charge in [0, 0.05) is 17.8 Å². The molecule has 1 rings (SSSR count).